The number of aryl methyl sites for hydroxylation is 1. The Morgan fingerprint density at radius 2 is 1.12 bits per heavy atom. The van der Waals surface area contributed by atoms with Crippen LogP contribution in [-0.2, 0) is 12.1 Å². The number of hydrogen-bond donors (Lipinski definition) is 0. The molecule has 2 aromatic heterocycles. The van der Waals surface area contributed by atoms with Gasteiger partial charge in [-0.2, -0.15) is 0 Å². The minimum atomic E-state index is -0.863. The Balaban J connectivity index is 1.25. The maximum absolute atomic E-state index is 13.3. The summed E-state index contributed by atoms with van der Waals surface area (Å²) in [5, 5.41) is 14.4. The molecule has 0 saturated carbocycles. The van der Waals surface area contributed by atoms with Gasteiger partial charge in [0, 0.05) is 5.56 Å². The molecule has 8 aromatic rings. The van der Waals surface area contributed by atoms with Crippen LogP contribution in [0.25, 0.3) is 33.4 Å². The van der Waals surface area contributed by atoms with Crippen LogP contribution in [-0.4, -0.2) is 29.8 Å². The molecule has 6 aromatic carbocycles. The number of hydrogen-bond acceptors (Lipinski definition) is 5. The molecule has 0 radical (unpaired) electrons. The second kappa shape index (κ2) is 12.6. The van der Waals surface area contributed by atoms with Gasteiger partial charge >= 0.3 is 0 Å². The molecule has 0 aliphatic rings. The summed E-state index contributed by atoms with van der Waals surface area (Å²) in [4.78, 5) is 18.0. The first kappa shape index (κ1) is 29.9. The van der Waals surface area contributed by atoms with Crippen molar-refractivity contribution in [2.24, 2.45) is 0 Å². The van der Waals surface area contributed by atoms with Crippen molar-refractivity contribution < 1.29 is 0 Å². The average molecular weight is 637 g/mol. The zero-order valence-corrected chi connectivity index (χ0v) is 26.9. The van der Waals surface area contributed by atoms with Gasteiger partial charge < -0.3 is 0 Å². The predicted molar refractivity (Wildman–Crippen MR) is 193 cm³/mol. The Morgan fingerprint density at radius 1 is 0.592 bits per heavy atom. The molecule has 0 spiro atoms. The van der Waals surface area contributed by atoms with Crippen molar-refractivity contribution in [3.63, 3.8) is 0 Å². The zero-order valence-electron chi connectivity index (χ0n) is 26.9. The molecule has 7 nitrogen and oxygen atoms in total. The lowest BCUT2D eigenvalue weighted by atomic mass is 9.77. The molecule has 49 heavy (non-hydrogen) atoms. The number of aromatic nitrogens is 6. The van der Waals surface area contributed by atoms with Crippen LogP contribution in [0.15, 0.2) is 169 Å². The highest BCUT2D eigenvalue weighted by atomic mass is 16.1. The summed E-state index contributed by atoms with van der Waals surface area (Å²) in [7, 11) is 0. The van der Waals surface area contributed by atoms with E-state index in [0.717, 1.165) is 38.9 Å². The highest BCUT2D eigenvalue weighted by molar-refractivity contribution is 5.81. The van der Waals surface area contributed by atoms with E-state index in [9.17, 15) is 4.79 Å². The van der Waals surface area contributed by atoms with E-state index in [1.807, 2.05) is 66.2 Å². The topological polar surface area (TPSA) is 78.5 Å². The van der Waals surface area contributed by atoms with Gasteiger partial charge in [0.1, 0.15) is 11.4 Å². The Hall–Kier alpha value is -6.47. The molecule has 0 aliphatic carbocycles. The highest BCUT2D eigenvalue weighted by Crippen LogP contribution is 2.43. The van der Waals surface area contributed by atoms with E-state index in [-0.39, 0.29) is 5.56 Å². The average Bonchev–Trinajstić information content (AvgIpc) is 3.65. The van der Waals surface area contributed by atoms with Gasteiger partial charge in [-0.1, -0.05) is 152 Å². The van der Waals surface area contributed by atoms with Crippen LogP contribution in [0.5, 0.6) is 0 Å². The lowest BCUT2D eigenvalue weighted by molar-refractivity contribution is 0.451. The molecular formula is C42H32N6O. The van der Waals surface area contributed by atoms with E-state index in [1.165, 1.54) is 0 Å². The van der Waals surface area contributed by atoms with Gasteiger partial charge in [0.2, 0.25) is 0 Å². The number of benzene rings is 6. The van der Waals surface area contributed by atoms with E-state index in [1.54, 1.807) is 4.57 Å². The fraction of sp³-hybridized carbons (Fsp3) is 0.0714. The number of para-hydroxylation sites is 1. The van der Waals surface area contributed by atoms with Gasteiger partial charge in [0.05, 0.1) is 17.4 Å². The SMILES string of the molecule is Cc1nc2ccccc2c(=O)n1Cc1ccc(-c2ccccc2-c2nnnn2C(c2ccccc2)(c2ccccc2)c2ccccc2)cc1. The first-order valence-corrected chi connectivity index (χ1v) is 16.2. The number of rotatable bonds is 8. The molecule has 7 heteroatoms. The van der Waals surface area contributed by atoms with E-state index in [2.05, 4.69) is 124 Å². The normalized spacial score (nSPS) is 11.5. The summed E-state index contributed by atoms with van der Waals surface area (Å²) >= 11 is 0. The van der Waals surface area contributed by atoms with Crippen molar-refractivity contribution in [3.8, 4) is 22.5 Å². The van der Waals surface area contributed by atoms with Crippen molar-refractivity contribution >= 4 is 10.9 Å². The number of nitrogens with zero attached hydrogens (tertiary/aromatic N) is 6. The Bertz CT molecular complexity index is 2340. The summed E-state index contributed by atoms with van der Waals surface area (Å²) < 4.78 is 3.69. The van der Waals surface area contributed by atoms with Crippen LogP contribution in [0, 0.1) is 6.92 Å². The molecular weight excluding hydrogens is 605 g/mol. The molecule has 0 bridgehead atoms. The minimum Gasteiger partial charge on any atom is -0.292 e. The fourth-order valence-corrected chi connectivity index (χ4v) is 6.85. The molecule has 0 saturated heterocycles. The zero-order chi connectivity index (χ0) is 33.2. The lowest BCUT2D eigenvalue weighted by Crippen LogP contribution is -2.39. The van der Waals surface area contributed by atoms with E-state index < -0.39 is 5.54 Å². The molecule has 8 rings (SSSR count). The van der Waals surface area contributed by atoms with E-state index in [0.29, 0.717) is 29.1 Å². The van der Waals surface area contributed by atoms with Crippen LogP contribution in [0.1, 0.15) is 28.1 Å². The molecule has 0 aliphatic heterocycles. The van der Waals surface area contributed by atoms with Crippen LogP contribution in [0.4, 0.5) is 0 Å². The first-order valence-electron chi connectivity index (χ1n) is 16.2. The standard InChI is InChI=1S/C42H32N6O/c1-30-43-39-24-14-13-23-38(39)41(49)47(30)29-31-25-27-32(28-26-31)36-21-11-12-22-37(36)40-44-45-46-48(40)42(33-15-5-2-6-16-33,34-17-7-3-8-18-34)35-19-9-4-10-20-35/h2-28H,29H2,1H3. The second-order valence-electron chi connectivity index (χ2n) is 12.0. The third-order valence-corrected chi connectivity index (χ3v) is 9.19. The van der Waals surface area contributed by atoms with Crippen molar-refractivity contribution in [3.05, 3.63) is 202 Å². The van der Waals surface area contributed by atoms with Crippen LogP contribution in [0.3, 0.4) is 0 Å². The van der Waals surface area contributed by atoms with Gasteiger partial charge in [-0.05, 0) is 62.9 Å². The monoisotopic (exact) mass is 636 g/mol. The molecule has 0 atom stereocenters. The fourth-order valence-electron chi connectivity index (χ4n) is 6.85. The maximum atomic E-state index is 13.3. The number of tetrazole rings is 1. The molecule has 2 heterocycles. The Kier molecular flexibility index (Phi) is 7.70. The van der Waals surface area contributed by atoms with Crippen LogP contribution < -0.4 is 5.56 Å². The van der Waals surface area contributed by atoms with Crippen molar-refractivity contribution in [2.45, 2.75) is 19.0 Å². The summed E-state index contributed by atoms with van der Waals surface area (Å²) in [6, 6.07) is 55.2. The first-order chi connectivity index (χ1) is 24.1. The summed E-state index contributed by atoms with van der Waals surface area (Å²) in [5.74, 6) is 1.32. The Morgan fingerprint density at radius 3 is 1.73 bits per heavy atom. The van der Waals surface area contributed by atoms with E-state index in [4.69, 9.17) is 5.21 Å². The largest absolute Gasteiger partial charge is 0.292 e. The van der Waals surface area contributed by atoms with Gasteiger partial charge in [-0.3, -0.25) is 9.36 Å². The molecule has 236 valence electrons. The van der Waals surface area contributed by atoms with E-state index >= 15 is 0 Å². The second-order valence-corrected chi connectivity index (χ2v) is 12.0. The summed E-state index contributed by atoms with van der Waals surface area (Å²) in [6.45, 7) is 2.30. The summed E-state index contributed by atoms with van der Waals surface area (Å²) in [5.41, 5.74) is 6.84. The van der Waals surface area contributed by atoms with Crippen molar-refractivity contribution in [2.75, 3.05) is 0 Å². The van der Waals surface area contributed by atoms with Gasteiger partial charge in [-0.15, -0.1) is 5.10 Å². The highest BCUT2D eigenvalue weighted by Gasteiger charge is 2.42. The van der Waals surface area contributed by atoms with Crippen LogP contribution >= 0.6 is 0 Å². The predicted octanol–water partition coefficient (Wildman–Crippen LogP) is 7.91. The van der Waals surface area contributed by atoms with Gasteiger partial charge in [-0.25, -0.2) is 9.67 Å². The molecule has 0 amide bonds. The van der Waals surface area contributed by atoms with Crippen molar-refractivity contribution in [1.29, 1.82) is 0 Å². The van der Waals surface area contributed by atoms with Gasteiger partial charge in [0.25, 0.3) is 5.56 Å². The molecule has 0 N–H and O–H groups in total. The smallest absolute Gasteiger partial charge is 0.261 e. The lowest BCUT2D eigenvalue weighted by Gasteiger charge is -2.36. The maximum Gasteiger partial charge on any atom is 0.261 e. The molecule has 0 unspecified atom stereocenters. The number of fused-ring (bicyclic) bond motifs is 1. The third-order valence-electron chi connectivity index (χ3n) is 9.19. The third kappa shape index (κ3) is 5.22. The quantitative estimate of drug-likeness (QED) is 0.158. The minimum absolute atomic E-state index is 0.0388. The van der Waals surface area contributed by atoms with Gasteiger partial charge in [0.15, 0.2) is 5.82 Å². The van der Waals surface area contributed by atoms with Crippen molar-refractivity contribution in [1.82, 2.24) is 29.8 Å². The summed E-state index contributed by atoms with van der Waals surface area (Å²) in [6.07, 6.45) is 0. The Labute approximate surface area is 283 Å². The van der Waals surface area contributed by atoms with Crippen LogP contribution in [0.2, 0.25) is 0 Å². The molecule has 0 fully saturated rings.